The number of nitrogens with one attached hydrogen (secondary N) is 2. The second-order valence-electron chi connectivity index (χ2n) is 22.8. The summed E-state index contributed by atoms with van der Waals surface area (Å²) >= 11 is 9.94. The number of nitrogens with zero attached hydrogens (tertiary/aromatic N) is 2. The van der Waals surface area contributed by atoms with Crippen LogP contribution in [-0.2, 0) is 32.9 Å². The Hall–Kier alpha value is -2.52. The van der Waals surface area contributed by atoms with Crippen molar-refractivity contribution < 1.29 is 26.3 Å². The third-order valence-corrected chi connectivity index (χ3v) is 25.6. The molecule has 1 aromatic carbocycles. The minimum atomic E-state index is -3.55. The number of sulfonamides is 2. The summed E-state index contributed by atoms with van der Waals surface area (Å²) in [5.74, 6) is 2.82. The van der Waals surface area contributed by atoms with Gasteiger partial charge in [0.05, 0.1) is 43.9 Å². The minimum absolute atomic E-state index is 0.0223. The summed E-state index contributed by atoms with van der Waals surface area (Å²) in [5.41, 5.74) is 1.95. The fraction of sp³-hybridized carbons (Fsp3) is 0.656. The summed E-state index contributed by atoms with van der Waals surface area (Å²) in [6.45, 7) is 20.0. The van der Waals surface area contributed by atoms with E-state index in [1.165, 1.54) is 94.8 Å². The lowest BCUT2D eigenvalue weighted by molar-refractivity contribution is 0.235. The van der Waals surface area contributed by atoms with Crippen molar-refractivity contribution in [1.29, 1.82) is 0 Å². The van der Waals surface area contributed by atoms with Crippen LogP contribution in [0.1, 0.15) is 217 Å². The first-order valence-corrected chi connectivity index (χ1v) is 39.6. The Labute approximate surface area is 517 Å². The fourth-order valence-electron chi connectivity index (χ4n) is 10.7. The number of unbranched alkanes of at least 4 members (excludes halogenated alkanes) is 16. The van der Waals surface area contributed by atoms with Crippen LogP contribution in [0.15, 0.2) is 24.3 Å². The van der Waals surface area contributed by atoms with Crippen molar-refractivity contribution in [3.8, 4) is 41.0 Å². The minimum Gasteiger partial charge on any atom is -0.491 e. The molecule has 7 aromatic rings. The van der Waals surface area contributed by atoms with Gasteiger partial charge in [-0.15, -0.1) is 45.3 Å². The van der Waals surface area contributed by atoms with E-state index in [4.69, 9.17) is 19.4 Å². The predicted octanol–water partition coefficient (Wildman–Crippen LogP) is 20.3. The van der Waals surface area contributed by atoms with Gasteiger partial charge in [0.1, 0.15) is 21.5 Å². The van der Waals surface area contributed by atoms with E-state index in [1.807, 2.05) is 0 Å². The molecule has 7 rings (SSSR count). The van der Waals surface area contributed by atoms with Crippen molar-refractivity contribution in [3.05, 3.63) is 45.1 Å². The SMILES string of the molecule is CCCCCCCCCCNS(=O)(=O)CCc1cc(C)sc1-c1nc2sc(-c3sc(-c4cc5c(OCC(CC)CCCC)c6sc(C)cc6c(OCC(CC)CCCC)c5s4)cc3CCS(=O)(=O)NCCCCCCCCCC)nc2s1. The summed E-state index contributed by atoms with van der Waals surface area (Å²) in [4.78, 5) is 18.5. The molecule has 0 aliphatic carbocycles. The van der Waals surface area contributed by atoms with Gasteiger partial charge in [-0.3, -0.25) is 0 Å². The summed E-state index contributed by atoms with van der Waals surface area (Å²) in [5, 5.41) is 3.87. The van der Waals surface area contributed by atoms with Gasteiger partial charge in [-0.05, 0) is 99.6 Å². The van der Waals surface area contributed by atoms with E-state index >= 15 is 0 Å². The Balaban J connectivity index is 1.18. The van der Waals surface area contributed by atoms with E-state index in [1.54, 1.807) is 68.0 Å². The molecule has 2 unspecified atom stereocenters. The fourth-order valence-corrected chi connectivity index (χ4v) is 19.7. The molecule has 0 aliphatic heterocycles. The molecule has 10 nitrogen and oxygen atoms in total. The molecule has 0 fully saturated rings. The summed E-state index contributed by atoms with van der Waals surface area (Å²) in [7, 11) is -6.99. The average Bonchev–Trinajstić information content (AvgIpc) is 4.51. The second kappa shape index (κ2) is 34.1. The third kappa shape index (κ3) is 19.8. The Bertz CT molecular complexity index is 3150. The van der Waals surface area contributed by atoms with Crippen molar-refractivity contribution in [2.45, 2.75) is 222 Å². The van der Waals surface area contributed by atoms with Gasteiger partial charge in [0.25, 0.3) is 0 Å². The van der Waals surface area contributed by atoms with Crippen LogP contribution in [-0.4, -0.2) is 64.6 Å². The third-order valence-electron chi connectivity index (χ3n) is 15.8. The van der Waals surface area contributed by atoms with Crippen LogP contribution in [0.2, 0.25) is 0 Å². The highest BCUT2D eigenvalue weighted by Gasteiger charge is 2.27. The number of ether oxygens (including phenoxy) is 2. The first kappa shape index (κ1) is 67.0. The monoisotopic (exact) mass is 1270 g/mol. The molecule has 0 radical (unpaired) electrons. The molecule has 2 atom stereocenters. The highest BCUT2D eigenvalue weighted by Crippen LogP contribution is 2.53. The molecule has 82 heavy (non-hydrogen) atoms. The quantitative estimate of drug-likeness (QED) is 0.0361. The van der Waals surface area contributed by atoms with E-state index in [-0.39, 0.29) is 11.5 Å². The molecule has 0 spiro atoms. The van der Waals surface area contributed by atoms with Gasteiger partial charge in [-0.2, -0.15) is 0 Å². The number of thiophene rings is 4. The van der Waals surface area contributed by atoms with Crippen LogP contribution >= 0.6 is 68.0 Å². The lowest BCUT2D eigenvalue weighted by atomic mass is 10.0. The number of hydrogen-bond donors (Lipinski definition) is 2. The first-order chi connectivity index (χ1) is 39.7. The van der Waals surface area contributed by atoms with E-state index in [2.05, 4.69) is 89.1 Å². The second-order valence-corrected chi connectivity index (χ2v) is 33.2. The number of hydrogen-bond acceptors (Lipinski definition) is 14. The molecule has 0 aliphatic rings. The highest BCUT2D eigenvalue weighted by molar-refractivity contribution is 7.89. The zero-order valence-corrected chi connectivity index (χ0v) is 57.2. The topological polar surface area (TPSA) is 137 Å². The molecule has 0 bridgehead atoms. The summed E-state index contributed by atoms with van der Waals surface area (Å²) in [6.07, 6.45) is 28.5. The Kier molecular flexibility index (Phi) is 27.9. The van der Waals surface area contributed by atoms with Gasteiger partial charge in [-0.25, -0.2) is 36.2 Å². The Morgan fingerprint density at radius 2 is 0.878 bits per heavy atom. The zero-order valence-electron chi connectivity index (χ0n) is 50.7. The Morgan fingerprint density at radius 1 is 0.463 bits per heavy atom. The zero-order chi connectivity index (χ0) is 58.5. The molecule has 2 N–H and O–H groups in total. The molecule has 0 amide bonds. The van der Waals surface area contributed by atoms with Gasteiger partial charge in [0.2, 0.25) is 20.0 Å². The number of fused-ring (bicyclic) bond motifs is 3. The number of aromatic nitrogens is 2. The largest absolute Gasteiger partial charge is 0.491 e. The number of benzene rings is 1. The lowest BCUT2D eigenvalue weighted by Gasteiger charge is -2.19. The molecular formula is C64H96N4O6S8. The number of thiazole rings is 2. The maximum atomic E-state index is 13.7. The van der Waals surface area contributed by atoms with Gasteiger partial charge in [-0.1, -0.05) is 193 Å². The van der Waals surface area contributed by atoms with Crippen LogP contribution < -0.4 is 18.9 Å². The average molecular weight is 1270 g/mol. The van der Waals surface area contributed by atoms with Crippen LogP contribution in [0.5, 0.6) is 11.5 Å². The molecule has 0 saturated heterocycles. The van der Waals surface area contributed by atoms with Gasteiger partial charge in [0.15, 0.2) is 9.66 Å². The summed E-state index contributed by atoms with van der Waals surface area (Å²) in [6, 6.07) is 8.89. The van der Waals surface area contributed by atoms with Crippen molar-refractivity contribution in [2.75, 3.05) is 37.8 Å². The molecule has 456 valence electrons. The first-order valence-electron chi connectivity index (χ1n) is 31.4. The number of rotatable bonds is 43. The van der Waals surface area contributed by atoms with Crippen LogP contribution in [0.4, 0.5) is 0 Å². The van der Waals surface area contributed by atoms with Crippen LogP contribution in [0, 0.1) is 25.7 Å². The van der Waals surface area contributed by atoms with Gasteiger partial charge >= 0.3 is 0 Å². The van der Waals surface area contributed by atoms with Crippen molar-refractivity contribution in [2.24, 2.45) is 11.8 Å². The van der Waals surface area contributed by atoms with E-state index in [0.717, 1.165) is 151 Å². The van der Waals surface area contributed by atoms with Gasteiger partial charge < -0.3 is 9.47 Å². The maximum Gasteiger partial charge on any atom is 0.211 e. The van der Waals surface area contributed by atoms with Crippen LogP contribution in [0.3, 0.4) is 0 Å². The Morgan fingerprint density at radius 3 is 1.37 bits per heavy atom. The molecule has 0 saturated carbocycles. The predicted molar refractivity (Wildman–Crippen MR) is 361 cm³/mol. The van der Waals surface area contributed by atoms with Crippen LogP contribution in [0.25, 0.3) is 59.4 Å². The van der Waals surface area contributed by atoms with Crippen molar-refractivity contribution in [3.63, 3.8) is 0 Å². The van der Waals surface area contributed by atoms with Gasteiger partial charge in [0, 0.05) is 43.4 Å². The highest BCUT2D eigenvalue weighted by atomic mass is 32.2. The lowest BCUT2D eigenvalue weighted by Crippen LogP contribution is -2.28. The van der Waals surface area contributed by atoms with Crippen molar-refractivity contribution in [1.82, 2.24) is 19.4 Å². The van der Waals surface area contributed by atoms with E-state index in [0.29, 0.717) is 51.0 Å². The smallest absolute Gasteiger partial charge is 0.211 e. The number of aryl methyl sites for hydroxylation is 4. The summed E-state index contributed by atoms with van der Waals surface area (Å²) < 4.78 is 76.0. The molecule has 18 heteroatoms. The van der Waals surface area contributed by atoms with Crippen molar-refractivity contribution >= 4 is 118 Å². The van der Waals surface area contributed by atoms with E-state index < -0.39 is 20.0 Å². The molecule has 6 aromatic heterocycles. The maximum absolute atomic E-state index is 13.7. The van der Waals surface area contributed by atoms with E-state index in [9.17, 15) is 16.8 Å². The normalized spacial score (nSPS) is 13.2. The molecule has 6 heterocycles. The standard InChI is InChI=1S/C64H96N4O6S8/c1-9-15-19-21-23-25-27-29-35-65-81(69,70)37-33-49-39-45(7)75-57(49)61-67-63-64(79-61)68-62(80-63)58-50(34-38-82(71,72)66-36-30-28-26-24-22-20-16-10-2)41-53(77-58)54-42-52-56(74-44-48(14-6)32-18-12-4)59-51(40-46(8)76-59)55(60(52)78-54)73-43-47(13-5)31-17-11-3/h39-42,47-48,65-66H,9-38,43-44H2,1-8H3. The molecular weight excluding hydrogens is 1180 g/mol.